The molecule has 0 radical (unpaired) electrons. The SMILES string of the molecule is Fc1cccc(CNCc2nc(-c3ccccc3)cs2)c1. The van der Waals surface area contributed by atoms with Crippen molar-refractivity contribution in [3.63, 3.8) is 0 Å². The zero-order valence-electron chi connectivity index (χ0n) is 11.4. The van der Waals surface area contributed by atoms with Gasteiger partial charge in [0.15, 0.2) is 0 Å². The first kappa shape index (κ1) is 13.9. The smallest absolute Gasteiger partial charge is 0.123 e. The zero-order chi connectivity index (χ0) is 14.5. The highest BCUT2D eigenvalue weighted by atomic mass is 32.1. The van der Waals surface area contributed by atoms with Crippen molar-refractivity contribution in [1.29, 1.82) is 0 Å². The molecule has 2 nitrogen and oxygen atoms in total. The minimum atomic E-state index is -0.199. The Morgan fingerprint density at radius 3 is 2.67 bits per heavy atom. The van der Waals surface area contributed by atoms with Gasteiger partial charge >= 0.3 is 0 Å². The summed E-state index contributed by atoms with van der Waals surface area (Å²) in [6, 6.07) is 16.8. The maximum atomic E-state index is 13.1. The Bertz CT molecular complexity index is 710. The molecule has 1 N–H and O–H groups in total. The van der Waals surface area contributed by atoms with E-state index >= 15 is 0 Å². The highest BCUT2D eigenvalue weighted by molar-refractivity contribution is 7.09. The van der Waals surface area contributed by atoms with Gasteiger partial charge in [0.05, 0.1) is 5.69 Å². The van der Waals surface area contributed by atoms with Crippen molar-refractivity contribution in [1.82, 2.24) is 10.3 Å². The van der Waals surface area contributed by atoms with Crippen molar-refractivity contribution in [2.24, 2.45) is 0 Å². The van der Waals surface area contributed by atoms with Crippen LogP contribution in [0.5, 0.6) is 0 Å². The summed E-state index contributed by atoms with van der Waals surface area (Å²) in [4.78, 5) is 4.61. The van der Waals surface area contributed by atoms with Crippen LogP contribution in [0.4, 0.5) is 4.39 Å². The van der Waals surface area contributed by atoms with Crippen LogP contribution in [0.1, 0.15) is 10.6 Å². The second-order valence-electron chi connectivity index (χ2n) is 4.73. The third-order valence-electron chi connectivity index (χ3n) is 3.12. The molecule has 0 saturated heterocycles. The number of hydrogen-bond acceptors (Lipinski definition) is 3. The molecule has 0 aliphatic carbocycles. The monoisotopic (exact) mass is 298 g/mol. The molecule has 3 aromatic rings. The quantitative estimate of drug-likeness (QED) is 0.762. The maximum absolute atomic E-state index is 13.1. The molecule has 21 heavy (non-hydrogen) atoms. The third kappa shape index (κ3) is 3.74. The van der Waals surface area contributed by atoms with Crippen LogP contribution in [0.3, 0.4) is 0 Å². The van der Waals surface area contributed by atoms with Crippen molar-refractivity contribution in [3.8, 4) is 11.3 Å². The normalized spacial score (nSPS) is 10.7. The number of thiazole rings is 1. The van der Waals surface area contributed by atoms with Gasteiger partial charge in [0.2, 0.25) is 0 Å². The van der Waals surface area contributed by atoms with Crippen molar-refractivity contribution >= 4 is 11.3 Å². The molecule has 4 heteroatoms. The molecule has 0 bridgehead atoms. The molecule has 0 saturated carbocycles. The number of halogens is 1. The van der Waals surface area contributed by atoms with Crippen LogP contribution in [0.15, 0.2) is 60.0 Å². The summed E-state index contributed by atoms with van der Waals surface area (Å²) in [5, 5.41) is 6.39. The Balaban J connectivity index is 1.58. The van der Waals surface area contributed by atoms with E-state index in [2.05, 4.69) is 27.8 Å². The summed E-state index contributed by atoms with van der Waals surface area (Å²) >= 11 is 1.63. The molecule has 0 spiro atoms. The zero-order valence-corrected chi connectivity index (χ0v) is 12.2. The first-order chi connectivity index (χ1) is 10.3. The largest absolute Gasteiger partial charge is 0.306 e. The standard InChI is InChI=1S/C17H15FN2S/c18-15-8-4-5-13(9-15)10-19-11-17-20-16(12-21-17)14-6-2-1-3-7-14/h1-9,12,19H,10-11H2. The maximum Gasteiger partial charge on any atom is 0.123 e. The topological polar surface area (TPSA) is 24.9 Å². The van der Waals surface area contributed by atoms with Crippen LogP contribution < -0.4 is 5.32 Å². The van der Waals surface area contributed by atoms with E-state index in [4.69, 9.17) is 0 Å². The summed E-state index contributed by atoms with van der Waals surface area (Å²) in [5.41, 5.74) is 3.07. The summed E-state index contributed by atoms with van der Waals surface area (Å²) < 4.78 is 13.1. The summed E-state index contributed by atoms with van der Waals surface area (Å²) in [7, 11) is 0. The minimum Gasteiger partial charge on any atom is -0.306 e. The fourth-order valence-corrected chi connectivity index (χ4v) is 2.87. The van der Waals surface area contributed by atoms with Crippen LogP contribution in [-0.2, 0) is 13.1 Å². The lowest BCUT2D eigenvalue weighted by molar-refractivity contribution is 0.620. The predicted molar refractivity (Wildman–Crippen MR) is 84.5 cm³/mol. The summed E-state index contributed by atoms with van der Waals surface area (Å²) in [5.74, 6) is -0.199. The average Bonchev–Trinajstić information content (AvgIpc) is 2.97. The fraction of sp³-hybridized carbons (Fsp3) is 0.118. The first-order valence-electron chi connectivity index (χ1n) is 6.76. The van der Waals surface area contributed by atoms with E-state index in [0.29, 0.717) is 13.1 Å². The predicted octanol–water partition coefficient (Wildman–Crippen LogP) is 4.24. The van der Waals surface area contributed by atoms with Crippen LogP contribution in [0.2, 0.25) is 0 Å². The van der Waals surface area contributed by atoms with Gasteiger partial charge in [0.1, 0.15) is 10.8 Å². The lowest BCUT2D eigenvalue weighted by atomic mass is 10.2. The molecule has 0 aliphatic heterocycles. The third-order valence-corrected chi connectivity index (χ3v) is 3.96. The number of nitrogens with one attached hydrogen (secondary N) is 1. The molecule has 106 valence electrons. The van der Waals surface area contributed by atoms with E-state index in [1.807, 2.05) is 24.3 Å². The second-order valence-corrected chi connectivity index (χ2v) is 5.67. The van der Waals surface area contributed by atoms with E-state index in [9.17, 15) is 4.39 Å². The van der Waals surface area contributed by atoms with E-state index in [1.165, 1.54) is 6.07 Å². The highest BCUT2D eigenvalue weighted by Gasteiger charge is 2.04. The number of rotatable bonds is 5. The highest BCUT2D eigenvalue weighted by Crippen LogP contribution is 2.21. The van der Waals surface area contributed by atoms with Crippen molar-refractivity contribution < 1.29 is 4.39 Å². The second kappa shape index (κ2) is 6.61. The fourth-order valence-electron chi connectivity index (χ4n) is 2.09. The van der Waals surface area contributed by atoms with Crippen LogP contribution in [-0.4, -0.2) is 4.98 Å². The molecule has 0 fully saturated rings. The van der Waals surface area contributed by atoms with Gasteiger partial charge in [-0.05, 0) is 17.7 Å². The molecular weight excluding hydrogens is 283 g/mol. The molecule has 0 unspecified atom stereocenters. The molecular formula is C17H15FN2S. The Kier molecular flexibility index (Phi) is 4.38. The van der Waals surface area contributed by atoms with E-state index in [1.54, 1.807) is 23.5 Å². The van der Waals surface area contributed by atoms with Crippen molar-refractivity contribution in [2.75, 3.05) is 0 Å². The molecule has 0 atom stereocenters. The van der Waals surface area contributed by atoms with Crippen molar-refractivity contribution in [3.05, 3.63) is 76.4 Å². The molecule has 0 aliphatic rings. The lowest BCUT2D eigenvalue weighted by Gasteiger charge is -2.02. The van der Waals surface area contributed by atoms with Crippen molar-refractivity contribution in [2.45, 2.75) is 13.1 Å². The van der Waals surface area contributed by atoms with Gasteiger partial charge in [-0.2, -0.15) is 0 Å². The number of hydrogen-bond donors (Lipinski definition) is 1. The Labute approximate surface area is 127 Å². The van der Waals surface area contributed by atoms with Crippen LogP contribution >= 0.6 is 11.3 Å². The Morgan fingerprint density at radius 2 is 1.86 bits per heavy atom. The van der Waals surface area contributed by atoms with E-state index < -0.39 is 0 Å². The summed E-state index contributed by atoms with van der Waals surface area (Å²) in [6.45, 7) is 1.33. The minimum absolute atomic E-state index is 0.199. The van der Waals surface area contributed by atoms with Gasteiger partial charge in [-0.3, -0.25) is 0 Å². The number of nitrogens with zero attached hydrogens (tertiary/aromatic N) is 1. The van der Waals surface area contributed by atoms with Gasteiger partial charge in [0.25, 0.3) is 0 Å². The average molecular weight is 298 g/mol. The van der Waals surface area contributed by atoms with E-state index in [-0.39, 0.29) is 5.82 Å². The van der Waals surface area contributed by atoms with Crippen LogP contribution in [0, 0.1) is 5.82 Å². The number of benzene rings is 2. The Hall–Kier alpha value is -2.04. The van der Waals surface area contributed by atoms with Gasteiger partial charge in [0, 0.05) is 24.0 Å². The molecule has 2 aromatic carbocycles. The number of aromatic nitrogens is 1. The van der Waals surface area contributed by atoms with Crippen LogP contribution in [0.25, 0.3) is 11.3 Å². The molecule has 0 amide bonds. The molecule has 3 rings (SSSR count). The molecule has 1 heterocycles. The van der Waals surface area contributed by atoms with Gasteiger partial charge in [-0.1, -0.05) is 42.5 Å². The van der Waals surface area contributed by atoms with Gasteiger partial charge in [-0.15, -0.1) is 11.3 Å². The lowest BCUT2D eigenvalue weighted by Crippen LogP contribution is -2.12. The summed E-state index contributed by atoms with van der Waals surface area (Å²) in [6.07, 6.45) is 0. The van der Waals surface area contributed by atoms with Gasteiger partial charge in [-0.25, -0.2) is 9.37 Å². The van der Waals surface area contributed by atoms with E-state index in [0.717, 1.165) is 21.8 Å². The Morgan fingerprint density at radius 1 is 1.00 bits per heavy atom. The molecule has 1 aromatic heterocycles. The van der Waals surface area contributed by atoms with Gasteiger partial charge < -0.3 is 5.32 Å². The first-order valence-corrected chi connectivity index (χ1v) is 7.64.